The molecule has 0 aromatic carbocycles. The van der Waals surface area contributed by atoms with E-state index in [9.17, 15) is 0 Å². The zero-order valence-corrected chi connectivity index (χ0v) is 13.0. The third-order valence-electron chi connectivity index (χ3n) is 3.27. The van der Waals surface area contributed by atoms with Crippen LogP contribution in [0.2, 0.25) is 0 Å². The molecule has 0 unspecified atom stereocenters. The summed E-state index contributed by atoms with van der Waals surface area (Å²) in [6.07, 6.45) is 5.27. The van der Waals surface area contributed by atoms with E-state index in [4.69, 9.17) is 9.47 Å². The number of hydrogen-bond acceptors (Lipinski definition) is 6. The number of aromatic nitrogens is 2. The van der Waals surface area contributed by atoms with Gasteiger partial charge in [0.1, 0.15) is 12.1 Å². The first-order chi connectivity index (χ1) is 10.2. The lowest BCUT2D eigenvalue weighted by atomic mass is 10.1. The van der Waals surface area contributed by atoms with Gasteiger partial charge in [0.2, 0.25) is 5.88 Å². The van der Waals surface area contributed by atoms with E-state index in [2.05, 4.69) is 20.6 Å². The molecule has 1 aliphatic rings. The normalized spacial score (nSPS) is 16.1. The zero-order valence-electron chi connectivity index (χ0n) is 13.0. The van der Waals surface area contributed by atoms with Crippen LogP contribution in [0.3, 0.4) is 0 Å². The minimum Gasteiger partial charge on any atom is -0.475 e. The molecule has 0 amide bonds. The Hall–Kier alpha value is -1.40. The molecular weight excluding hydrogens is 268 g/mol. The Labute approximate surface area is 126 Å². The van der Waals surface area contributed by atoms with Crippen LogP contribution in [-0.4, -0.2) is 48.4 Å². The largest absolute Gasteiger partial charge is 0.475 e. The minimum absolute atomic E-state index is 0.117. The Morgan fingerprint density at radius 1 is 1.33 bits per heavy atom. The summed E-state index contributed by atoms with van der Waals surface area (Å²) in [5.74, 6) is 1.40. The van der Waals surface area contributed by atoms with Gasteiger partial charge in [-0.2, -0.15) is 0 Å². The summed E-state index contributed by atoms with van der Waals surface area (Å²) in [5.41, 5.74) is 0. The fourth-order valence-electron chi connectivity index (χ4n) is 2.24. The van der Waals surface area contributed by atoms with Gasteiger partial charge in [0.25, 0.3) is 0 Å². The molecule has 0 radical (unpaired) electrons. The van der Waals surface area contributed by atoms with Gasteiger partial charge in [-0.15, -0.1) is 0 Å². The molecule has 2 N–H and O–H groups in total. The first-order valence-electron chi connectivity index (χ1n) is 7.79. The first-order valence-corrected chi connectivity index (χ1v) is 7.79. The van der Waals surface area contributed by atoms with E-state index in [-0.39, 0.29) is 6.10 Å². The molecule has 118 valence electrons. The van der Waals surface area contributed by atoms with Crippen LogP contribution < -0.4 is 15.4 Å². The maximum Gasteiger partial charge on any atom is 0.218 e. The predicted molar refractivity (Wildman–Crippen MR) is 82.7 cm³/mol. The molecule has 1 saturated heterocycles. The number of nitrogens with zero attached hydrogens (tertiary/aromatic N) is 2. The molecule has 6 nitrogen and oxygen atoms in total. The molecule has 21 heavy (non-hydrogen) atoms. The maximum absolute atomic E-state index is 5.86. The molecule has 2 heterocycles. The lowest BCUT2D eigenvalue weighted by Gasteiger charge is -2.22. The smallest absolute Gasteiger partial charge is 0.218 e. The van der Waals surface area contributed by atoms with Crippen molar-refractivity contribution in [2.24, 2.45) is 0 Å². The zero-order chi connectivity index (χ0) is 14.9. The van der Waals surface area contributed by atoms with Crippen LogP contribution in [0.4, 0.5) is 5.82 Å². The quantitative estimate of drug-likeness (QED) is 0.713. The molecule has 0 aliphatic carbocycles. The molecule has 6 heteroatoms. The van der Waals surface area contributed by atoms with Crippen molar-refractivity contribution in [1.29, 1.82) is 0 Å². The maximum atomic E-state index is 5.86. The molecule has 0 bridgehead atoms. The molecule has 1 fully saturated rings. The monoisotopic (exact) mass is 294 g/mol. The molecule has 0 spiro atoms. The lowest BCUT2D eigenvalue weighted by Crippen LogP contribution is -2.32. The SMILES string of the molecule is CC(C)Oc1cc(NCCCOC2CCNCC2)ncn1. The summed E-state index contributed by atoms with van der Waals surface area (Å²) in [6.45, 7) is 7.73. The van der Waals surface area contributed by atoms with Crippen LogP contribution in [0.15, 0.2) is 12.4 Å². The third kappa shape index (κ3) is 6.27. The van der Waals surface area contributed by atoms with Crippen LogP contribution in [0, 0.1) is 0 Å². The van der Waals surface area contributed by atoms with Crippen LogP contribution in [-0.2, 0) is 4.74 Å². The van der Waals surface area contributed by atoms with Gasteiger partial charge in [-0.25, -0.2) is 9.97 Å². The van der Waals surface area contributed by atoms with Crippen LogP contribution in [0.5, 0.6) is 5.88 Å². The van der Waals surface area contributed by atoms with Crippen molar-refractivity contribution in [2.45, 2.75) is 45.3 Å². The standard InChI is InChI=1S/C15H26N4O2/c1-12(2)21-15-10-14(18-11-19-15)17-6-3-9-20-13-4-7-16-8-5-13/h10-13,16H,3-9H2,1-2H3,(H,17,18,19). The van der Waals surface area contributed by atoms with Crippen molar-refractivity contribution >= 4 is 5.82 Å². The van der Waals surface area contributed by atoms with Gasteiger partial charge in [-0.3, -0.25) is 0 Å². The Balaban J connectivity index is 1.61. The Morgan fingerprint density at radius 2 is 2.14 bits per heavy atom. The molecule has 2 rings (SSSR count). The van der Waals surface area contributed by atoms with Gasteiger partial charge in [0, 0.05) is 19.2 Å². The second-order valence-electron chi connectivity index (χ2n) is 5.51. The average Bonchev–Trinajstić information content (AvgIpc) is 2.48. The highest BCUT2D eigenvalue weighted by Crippen LogP contribution is 2.12. The summed E-state index contributed by atoms with van der Waals surface area (Å²) in [5, 5.41) is 6.61. The summed E-state index contributed by atoms with van der Waals surface area (Å²) < 4.78 is 11.4. The molecule has 1 aliphatic heterocycles. The van der Waals surface area contributed by atoms with E-state index in [1.807, 2.05) is 19.9 Å². The fraction of sp³-hybridized carbons (Fsp3) is 0.733. The number of ether oxygens (including phenoxy) is 2. The Bertz CT molecular complexity index is 408. The number of hydrogen-bond donors (Lipinski definition) is 2. The summed E-state index contributed by atoms with van der Waals surface area (Å²) in [4.78, 5) is 8.26. The van der Waals surface area contributed by atoms with Crippen molar-refractivity contribution in [3.05, 3.63) is 12.4 Å². The van der Waals surface area contributed by atoms with E-state index >= 15 is 0 Å². The topological polar surface area (TPSA) is 68.3 Å². The minimum atomic E-state index is 0.117. The van der Waals surface area contributed by atoms with Crippen molar-refractivity contribution in [2.75, 3.05) is 31.6 Å². The van der Waals surface area contributed by atoms with Gasteiger partial charge < -0.3 is 20.1 Å². The summed E-state index contributed by atoms with van der Waals surface area (Å²) in [6, 6.07) is 1.83. The second-order valence-corrected chi connectivity index (χ2v) is 5.51. The van der Waals surface area contributed by atoms with E-state index in [1.165, 1.54) is 6.33 Å². The molecular formula is C15H26N4O2. The molecule has 0 saturated carbocycles. The average molecular weight is 294 g/mol. The van der Waals surface area contributed by atoms with E-state index in [0.29, 0.717) is 12.0 Å². The molecule has 1 aromatic rings. The van der Waals surface area contributed by atoms with E-state index in [1.54, 1.807) is 0 Å². The van der Waals surface area contributed by atoms with Gasteiger partial charge >= 0.3 is 0 Å². The first kappa shape index (κ1) is 16.0. The number of nitrogens with one attached hydrogen (secondary N) is 2. The Kier molecular flexibility index (Phi) is 6.69. The van der Waals surface area contributed by atoms with Crippen LogP contribution >= 0.6 is 0 Å². The predicted octanol–water partition coefficient (Wildman–Crippen LogP) is 1.83. The lowest BCUT2D eigenvalue weighted by molar-refractivity contribution is 0.0329. The highest BCUT2D eigenvalue weighted by atomic mass is 16.5. The molecule has 1 aromatic heterocycles. The third-order valence-corrected chi connectivity index (χ3v) is 3.27. The van der Waals surface area contributed by atoms with Crippen LogP contribution in [0.25, 0.3) is 0 Å². The number of rotatable bonds is 8. The van der Waals surface area contributed by atoms with Crippen molar-refractivity contribution in [1.82, 2.24) is 15.3 Å². The van der Waals surface area contributed by atoms with Crippen molar-refractivity contribution in [3.8, 4) is 5.88 Å². The highest BCUT2D eigenvalue weighted by Gasteiger charge is 2.12. The van der Waals surface area contributed by atoms with Gasteiger partial charge in [0.15, 0.2) is 0 Å². The number of anilines is 1. The van der Waals surface area contributed by atoms with Crippen molar-refractivity contribution < 1.29 is 9.47 Å². The fourth-order valence-corrected chi connectivity index (χ4v) is 2.24. The van der Waals surface area contributed by atoms with Crippen LogP contribution in [0.1, 0.15) is 33.1 Å². The van der Waals surface area contributed by atoms with Gasteiger partial charge in [-0.1, -0.05) is 0 Å². The summed E-state index contributed by atoms with van der Waals surface area (Å²) >= 11 is 0. The van der Waals surface area contributed by atoms with Gasteiger partial charge in [-0.05, 0) is 46.2 Å². The van der Waals surface area contributed by atoms with Crippen molar-refractivity contribution in [3.63, 3.8) is 0 Å². The summed E-state index contributed by atoms with van der Waals surface area (Å²) in [7, 11) is 0. The van der Waals surface area contributed by atoms with E-state index < -0.39 is 0 Å². The highest BCUT2D eigenvalue weighted by molar-refractivity contribution is 5.36. The van der Waals surface area contributed by atoms with E-state index in [0.717, 1.165) is 51.3 Å². The Morgan fingerprint density at radius 3 is 2.90 bits per heavy atom. The number of piperidine rings is 1. The molecule has 0 atom stereocenters. The van der Waals surface area contributed by atoms with Gasteiger partial charge in [0.05, 0.1) is 12.2 Å². The second kappa shape index (κ2) is 8.79.